The van der Waals surface area contributed by atoms with E-state index in [1.165, 1.54) is 5.56 Å². The van der Waals surface area contributed by atoms with Gasteiger partial charge in [-0.3, -0.25) is 5.73 Å². The lowest BCUT2D eigenvalue weighted by atomic mass is 9.90. The number of fused-ring (bicyclic) bond motifs is 5. The third-order valence-corrected chi connectivity index (χ3v) is 4.14. The number of anilines is 1. The van der Waals surface area contributed by atoms with Gasteiger partial charge in [0.15, 0.2) is 5.39 Å². The standard InChI is InChI=1S/C16H14N2O2/c17-15-14-13(9-5-1-3-7-11(9)18-15)10-6-2-4-8-12(10)20-16(14)19/h2,4,6,8H,1,3,5,7H2,(H2,17,18)/p+1. The predicted molar refractivity (Wildman–Crippen MR) is 77.6 cm³/mol. The molecule has 1 aliphatic carbocycles. The van der Waals surface area contributed by atoms with E-state index >= 15 is 0 Å². The van der Waals surface area contributed by atoms with Gasteiger partial charge in [-0.05, 0) is 25.3 Å². The first-order valence-electron chi connectivity index (χ1n) is 6.94. The van der Waals surface area contributed by atoms with Crippen LogP contribution in [0.15, 0.2) is 33.5 Å². The number of nitrogens with one attached hydrogen (secondary N) is 1. The Balaban J connectivity index is 2.32. The van der Waals surface area contributed by atoms with E-state index in [0.717, 1.165) is 42.1 Å². The fourth-order valence-corrected chi connectivity index (χ4v) is 3.25. The van der Waals surface area contributed by atoms with Crippen molar-refractivity contribution in [3.05, 3.63) is 45.9 Å². The number of pyridine rings is 1. The number of para-hydroxylation sites is 1. The number of aromatic nitrogens is 1. The van der Waals surface area contributed by atoms with Crippen molar-refractivity contribution in [2.75, 3.05) is 5.73 Å². The van der Waals surface area contributed by atoms with Gasteiger partial charge in [-0.15, -0.1) is 0 Å². The number of H-pyrrole nitrogens is 1. The molecule has 0 saturated heterocycles. The zero-order valence-electron chi connectivity index (χ0n) is 11.0. The third-order valence-electron chi connectivity index (χ3n) is 4.14. The number of rotatable bonds is 0. The maximum Gasteiger partial charge on any atom is 0.352 e. The zero-order valence-corrected chi connectivity index (χ0v) is 11.0. The maximum atomic E-state index is 12.2. The van der Waals surface area contributed by atoms with Gasteiger partial charge in [-0.25, -0.2) is 9.78 Å². The molecule has 100 valence electrons. The highest BCUT2D eigenvalue weighted by Crippen LogP contribution is 2.32. The van der Waals surface area contributed by atoms with Crippen molar-refractivity contribution in [2.24, 2.45) is 0 Å². The number of hydrogen-bond donors (Lipinski definition) is 1. The molecule has 0 saturated carbocycles. The number of aryl methyl sites for hydroxylation is 2. The molecule has 0 fully saturated rings. The summed E-state index contributed by atoms with van der Waals surface area (Å²) in [5, 5.41) is 2.44. The average Bonchev–Trinajstić information content (AvgIpc) is 2.46. The second-order valence-electron chi connectivity index (χ2n) is 5.34. The van der Waals surface area contributed by atoms with E-state index in [1.54, 1.807) is 0 Å². The molecule has 1 aromatic carbocycles. The summed E-state index contributed by atoms with van der Waals surface area (Å²) in [6, 6.07) is 7.67. The highest BCUT2D eigenvalue weighted by Gasteiger charge is 2.23. The third kappa shape index (κ3) is 1.48. The monoisotopic (exact) mass is 267 g/mol. The molecule has 0 amide bonds. The van der Waals surface area contributed by atoms with Crippen LogP contribution in [-0.4, -0.2) is 0 Å². The van der Waals surface area contributed by atoms with E-state index in [4.69, 9.17) is 10.2 Å². The summed E-state index contributed by atoms with van der Waals surface area (Å²) in [6.07, 6.45) is 4.28. The molecule has 0 radical (unpaired) electrons. The fraction of sp³-hybridized carbons (Fsp3) is 0.250. The smallest absolute Gasteiger partial charge is 0.352 e. The highest BCUT2D eigenvalue weighted by atomic mass is 16.4. The lowest BCUT2D eigenvalue weighted by Crippen LogP contribution is -2.24. The number of aromatic amines is 1. The van der Waals surface area contributed by atoms with E-state index in [-0.39, 0.29) is 5.63 Å². The van der Waals surface area contributed by atoms with Crippen LogP contribution in [0.2, 0.25) is 0 Å². The number of nitrogen functional groups attached to an aromatic ring is 1. The molecule has 3 aromatic rings. The molecule has 0 unspecified atom stereocenters. The predicted octanol–water partition coefficient (Wildman–Crippen LogP) is 2.22. The summed E-state index contributed by atoms with van der Waals surface area (Å²) in [5.74, 6) is 0.417. The minimum absolute atomic E-state index is 0.360. The lowest BCUT2D eigenvalue weighted by Gasteiger charge is -2.16. The largest absolute Gasteiger partial charge is 0.422 e. The Kier molecular flexibility index (Phi) is 2.33. The zero-order chi connectivity index (χ0) is 13.7. The van der Waals surface area contributed by atoms with Crippen molar-refractivity contribution in [2.45, 2.75) is 25.7 Å². The van der Waals surface area contributed by atoms with Crippen LogP contribution in [0.1, 0.15) is 24.1 Å². The molecule has 0 atom stereocenters. The van der Waals surface area contributed by atoms with E-state index < -0.39 is 0 Å². The van der Waals surface area contributed by atoms with Crippen LogP contribution < -0.4 is 16.3 Å². The van der Waals surface area contributed by atoms with Crippen molar-refractivity contribution in [1.82, 2.24) is 0 Å². The Labute approximate surface area is 115 Å². The Morgan fingerprint density at radius 2 is 1.90 bits per heavy atom. The van der Waals surface area contributed by atoms with Crippen LogP contribution in [0.3, 0.4) is 0 Å². The van der Waals surface area contributed by atoms with Crippen molar-refractivity contribution >= 4 is 27.6 Å². The van der Waals surface area contributed by atoms with Crippen LogP contribution in [0, 0.1) is 0 Å². The summed E-state index contributed by atoms with van der Waals surface area (Å²) in [5.41, 5.74) is 8.71. The van der Waals surface area contributed by atoms with Gasteiger partial charge in [-0.1, -0.05) is 18.2 Å². The van der Waals surface area contributed by atoms with Crippen LogP contribution in [0.5, 0.6) is 0 Å². The summed E-state index contributed by atoms with van der Waals surface area (Å²) >= 11 is 0. The molecule has 1 aliphatic rings. The minimum atomic E-state index is -0.360. The summed E-state index contributed by atoms with van der Waals surface area (Å²) in [4.78, 5) is 15.4. The second-order valence-corrected chi connectivity index (χ2v) is 5.34. The van der Waals surface area contributed by atoms with E-state index in [9.17, 15) is 4.79 Å². The fourth-order valence-electron chi connectivity index (χ4n) is 3.25. The van der Waals surface area contributed by atoms with Gasteiger partial charge in [0.05, 0.1) is 0 Å². The second kappa shape index (κ2) is 4.07. The van der Waals surface area contributed by atoms with E-state index in [0.29, 0.717) is 16.8 Å². The van der Waals surface area contributed by atoms with Gasteiger partial charge in [0.2, 0.25) is 0 Å². The van der Waals surface area contributed by atoms with Crippen molar-refractivity contribution in [1.29, 1.82) is 0 Å². The van der Waals surface area contributed by atoms with Crippen molar-refractivity contribution in [3.8, 4) is 0 Å². The first-order chi connectivity index (χ1) is 9.75. The van der Waals surface area contributed by atoms with Gasteiger partial charge in [0.25, 0.3) is 5.82 Å². The van der Waals surface area contributed by atoms with Gasteiger partial charge in [-0.2, -0.15) is 0 Å². The molecule has 3 N–H and O–H groups in total. The molecule has 0 bridgehead atoms. The van der Waals surface area contributed by atoms with Crippen LogP contribution in [0.25, 0.3) is 21.7 Å². The van der Waals surface area contributed by atoms with E-state index in [1.807, 2.05) is 24.3 Å². The van der Waals surface area contributed by atoms with Crippen LogP contribution >= 0.6 is 0 Å². The molecular weight excluding hydrogens is 252 g/mol. The SMILES string of the molecule is Nc1[nH+]c2c(c3c1c(=O)oc1ccccc13)CCCC2. The van der Waals surface area contributed by atoms with Gasteiger partial charge in [0.1, 0.15) is 11.3 Å². The number of nitrogens with two attached hydrogens (primary N) is 1. The molecular formula is C16H15N2O2+. The Morgan fingerprint density at radius 3 is 2.80 bits per heavy atom. The summed E-state index contributed by atoms with van der Waals surface area (Å²) in [6.45, 7) is 0. The Hall–Kier alpha value is -2.36. The molecule has 2 aromatic heterocycles. The minimum Gasteiger partial charge on any atom is -0.422 e. The first-order valence-corrected chi connectivity index (χ1v) is 6.94. The molecule has 4 heteroatoms. The normalized spacial score (nSPS) is 14.6. The molecule has 4 nitrogen and oxygen atoms in total. The molecule has 0 aliphatic heterocycles. The quantitative estimate of drug-likeness (QED) is 0.501. The topological polar surface area (TPSA) is 70.4 Å². The van der Waals surface area contributed by atoms with E-state index in [2.05, 4.69) is 4.98 Å². The Bertz CT molecular complexity index is 896. The summed E-state index contributed by atoms with van der Waals surface area (Å²) < 4.78 is 5.39. The average molecular weight is 267 g/mol. The highest BCUT2D eigenvalue weighted by molar-refractivity contribution is 6.08. The van der Waals surface area contributed by atoms with Gasteiger partial charge in [0, 0.05) is 22.8 Å². The summed E-state index contributed by atoms with van der Waals surface area (Å²) in [7, 11) is 0. The van der Waals surface area contributed by atoms with Crippen LogP contribution in [-0.2, 0) is 12.8 Å². The number of hydrogen-bond acceptors (Lipinski definition) is 3. The molecule has 20 heavy (non-hydrogen) atoms. The molecule has 4 rings (SSSR count). The van der Waals surface area contributed by atoms with Crippen LogP contribution in [0.4, 0.5) is 5.82 Å². The molecule has 0 spiro atoms. The number of benzene rings is 1. The van der Waals surface area contributed by atoms with Gasteiger partial charge < -0.3 is 4.42 Å². The van der Waals surface area contributed by atoms with Gasteiger partial charge >= 0.3 is 5.63 Å². The Morgan fingerprint density at radius 1 is 1.10 bits per heavy atom. The molecule has 2 heterocycles. The lowest BCUT2D eigenvalue weighted by molar-refractivity contribution is -0.372. The first kappa shape index (κ1) is 11.5. The van der Waals surface area contributed by atoms with Crippen molar-refractivity contribution < 1.29 is 9.40 Å². The van der Waals surface area contributed by atoms with Crippen molar-refractivity contribution in [3.63, 3.8) is 0 Å². The maximum absolute atomic E-state index is 12.2.